The zero-order valence-electron chi connectivity index (χ0n) is 15.1. The molecule has 2 aliphatic rings. The highest BCUT2D eigenvalue weighted by Crippen LogP contribution is 2.41. The van der Waals surface area contributed by atoms with Crippen LogP contribution in [0.2, 0.25) is 0 Å². The molecule has 0 aromatic heterocycles. The van der Waals surface area contributed by atoms with Gasteiger partial charge in [0, 0.05) is 13.7 Å². The van der Waals surface area contributed by atoms with Gasteiger partial charge in [0.05, 0.1) is 23.6 Å². The minimum absolute atomic E-state index is 0.103. The lowest BCUT2D eigenvalue weighted by Gasteiger charge is -2.30. The molecule has 1 fully saturated rings. The minimum atomic E-state index is -0.418. The summed E-state index contributed by atoms with van der Waals surface area (Å²) in [6, 6.07) is 9.17. The van der Waals surface area contributed by atoms with Gasteiger partial charge in [-0.3, -0.25) is 14.5 Å². The van der Waals surface area contributed by atoms with E-state index in [0.717, 1.165) is 19.6 Å². The lowest BCUT2D eigenvalue weighted by molar-refractivity contribution is -0.124. The molecule has 0 unspecified atom stereocenters. The summed E-state index contributed by atoms with van der Waals surface area (Å²) in [5.41, 5.74) is 1.83. The number of fused-ring (bicyclic) bond motifs is 1. The zero-order chi connectivity index (χ0) is 18.0. The molecule has 1 aromatic carbocycles. The van der Waals surface area contributed by atoms with Gasteiger partial charge < -0.3 is 4.74 Å². The van der Waals surface area contributed by atoms with Crippen molar-refractivity contribution < 1.29 is 14.3 Å². The number of hydrogen-bond acceptors (Lipinski definition) is 4. The van der Waals surface area contributed by atoms with Crippen LogP contribution in [-0.2, 0) is 14.3 Å². The Hall–Kier alpha value is -1.98. The van der Waals surface area contributed by atoms with Gasteiger partial charge in [0.15, 0.2) is 0 Å². The molecule has 3 rings (SSSR count). The van der Waals surface area contributed by atoms with Crippen molar-refractivity contribution in [2.75, 3.05) is 31.6 Å². The summed E-state index contributed by atoms with van der Waals surface area (Å²) in [6.45, 7) is 7.00. The Morgan fingerprint density at radius 2 is 1.80 bits per heavy atom. The average molecular weight is 342 g/mol. The number of ether oxygens (including phenoxy) is 1. The zero-order valence-corrected chi connectivity index (χ0v) is 15.1. The number of anilines is 1. The fraction of sp³-hybridized carbons (Fsp3) is 0.500. The first-order valence-corrected chi connectivity index (χ1v) is 8.98. The van der Waals surface area contributed by atoms with Crippen LogP contribution in [-0.4, -0.2) is 49.6 Å². The van der Waals surface area contributed by atoms with E-state index < -0.39 is 5.92 Å². The highest BCUT2D eigenvalue weighted by Gasteiger charge is 2.53. The quantitative estimate of drug-likeness (QED) is 0.589. The summed E-state index contributed by atoms with van der Waals surface area (Å²) < 4.78 is 5.59. The van der Waals surface area contributed by atoms with Crippen LogP contribution in [0, 0.1) is 11.8 Å². The Morgan fingerprint density at radius 1 is 1.12 bits per heavy atom. The third-order valence-corrected chi connectivity index (χ3v) is 5.32. The molecule has 1 heterocycles. The SMILES string of the molecule is CCN(CC)CC1=C[C@@H](OC)[C@H]2C(=O)N(c3ccccc3)C(=O)[C@H]2C1. The van der Waals surface area contributed by atoms with Crippen molar-refractivity contribution in [3.63, 3.8) is 0 Å². The molecule has 0 bridgehead atoms. The fourth-order valence-corrected chi connectivity index (χ4v) is 3.92. The Kier molecular flexibility index (Phi) is 5.35. The topological polar surface area (TPSA) is 49.9 Å². The standard InChI is InChI=1S/C20H26N2O3/c1-4-21(5-2)13-14-11-16-18(17(12-14)25-3)20(24)22(19(16)23)15-9-7-6-8-10-15/h6-10,12,16-18H,4-5,11,13H2,1-3H3/t16-,17+,18-/m0/s1. The van der Waals surface area contributed by atoms with E-state index in [1.165, 1.54) is 10.5 Å². The predicted octanol–water partition coefficient (Wildman–Crippen LogP) is 2.48. The molecule has 1 aromatic rings. The second-order valence-electron chi connectivity index (χ2n) is 6.67. The lowest BCUT2D eigenvalue weighted by Crippen LogP contribution is -2.37. The molecule has 1 saturated heterocycles. The summed E-state index contributed by atoms with van der Waals surface area (Å²) in [4.78, 5) is 29.6. The number of carbonyl (C=O) groups excluding carboxylic acids is 2. The second kappa shape index (κ2) is 7.50. The fourth-order valence-electron chi connectivity index (χ4n) is 3.92. The number of methoxy groups -OCH3 is 1. The number of likely N-dealkylation sites (N-methyl/N-ethyl adjacent to an activating group) is 1. The van der Waals surface area contributed by atoms with Crippen molar-refractivity contribution in [3.8, 4) is 0 Å². The lowest BCUT2D eigenvalue weighted by atomic mass is 9.79. The summed E-state index contributed by atoms with van der Waals surface area (Å²) in [6.07, 6.45) is 2.35. The third kappa shape index (κ3) is 3.26. The maximum Gasteiger partial charge on any atom is 0.240 e. The smallest absolute Gasteiger partial charge is 0.240 e. The van der Waals surface area contributed by atoms with Gasteiger partial charge in [-0.15, -0.1) is 0 Å². The first-order chi connectivity index (χ1) is 12.1. The van der Waals surface area contributed by atoms with Crippen LogP contribution in [0.25, 0.3) is 0 Å². The molecule has 2 amide bonds. The second-order valence-corrected chi connectivity index (χ2v) is 6.67. The van der Waals surface area contributed by atoms with Crippen molar-refractivity contribution in [2.45, 2.75) is 26.4 Å². The molecule has 5 heteroatoms. The van der Waals surface area contributed by atoms with Crippen LogP contribution in [0.15, 0.2) is 42.0 Å². The molecule has 0 saturated carbocycles. The number of rotatable bonds is 6. The number of benzene rings is 1. The van der Waals surface area contributed by atoms with Crippen molar-refractivity contribution in [2.24, 2.45) is 11.8 Å². The Labute approximate surface area is 149 Å². The maximum atomic E-state index is 13.0. The van der Waals surface area contributed by atoms with Gasteiger partial charge >= 0.3 is 0 Å². The van der Waals surface area contributed by atoms with Crippen molar-refractivity contribution in [1.29, 1.82) is 0 Å². The largest absolute Gasteiger partial charge is 0.377 e. The van der Waals surface area contributed by atoms with Crippen molar-refractivity contribution >= 4 is 17.5 Å². The van der Waals surface area contributed by atoms with E-state index in [4.69, 9.17) is 4.74 Å². The maximum absolute atomic E-state index is 13.0. The molecule has 3 atom stereocenters. The highest BCUT2D eigenvalue weighted by atomic mass is 16.5. The van der Waals surface area contributed by atoms with Crippen LogP contribution >= 0.6 is 0 Å². The normalized spacial score (nSPS) is 26.2. The monoisotopic (exact) mass is 342 g/mol. The van der Waals surface area contributed by atoms with E-state index in [2.05, 4.69) is 24.8 Å². The minimum Gasteiger partial charge on any atom is -0.377 e. The highest BCUT2D eigenvalue weighted by molar-refractivity contribution is 6.22. The summed E-state index contributed by atoms with van der Waals surface area (Å²) in [7, 11) is 1.61. The first kappa shape index (κ1) is 17.8. The molecular weight excluding hydrogens is 316 g/mol. The molecule has 1 aliphatic carbocycles. The van der Waals surface area contributed by atoms with Gasteiger partial charge in [0.1, 0.15) is 0 Å². The van der Waals surface area contributed by atoms with Gasteiger partial charge in [-0.1, -0.05) is 43.7 Å². The number of para-hydroxylation sites is 1. The molecule has 0 spiro atoms. The van der Waals surface area contributed by atoms with Crippen LogP contribution < -0.4 is 4.90 Å². The van der Waals surface area contributed by atoms with Gasteiger partial charge in [0.25, 0.3) is 0 Å². The third-order valence-electron chi connectivity index (χ3n) is 5.32. The van der Waals surface area contributed by atoms with Crippen molar-refractivity contribution in [3.05, 3.63) is 42.0 Å². The number of hydrogen-bond donors (Lipinski definition) is 0. The van der Waals surface area contributed by atoms with E-state index in [1.807, 2.05) is 18.2 Å². The predicted molar refractivity (Wildman–Crippen MR) is 97.2 cm³/mol. The Bertz CT molecular complexity index is 667. The number of imide groups is 1. The van der Waals surface area contributed by atoms with Gasteiger partial charge in [-0.2, -0.15) is 0 Å². The van der Waals surface area contributed by atoms with Crippen molar-refractivity contribution in [1.82, 2.24) is 4.90 Å². The van der Waals surface area contributed by atoms with Crippen LogP contribution in [0.5, 0.6) is 0 Å². The Balaban J connectivity index is 1.88. The molecule has 0 radical (unpaired) electrons. The van der Waals surface area contributed by atoms with Crippen LogP contribution in [0.4, 0.5) is 5.69 Å². The van der Waals surface area contributed by atoms with Gasteiger partial charge in [-0.25, -0.2) is 4.90 Å². The molecule has 25 heavy (non-hydrogen) atoms. The van der Waals surface area contributed by atoms with Gasteiger partial charge in [0.2, 0.25) is 11.8 Å². The summed E-state index contributed by atoms with van der Waals surface area (Å²) >= 11 is 0. The van der Waals surface area contributed by atoms with Crippen LogP contribution in [0.1, 0.15) is 20.3 Å². The number of carbonyl (C=O) groups is 2. The molecular formula is C20H26N2O3. The van der Waals surface area contributed by atoms with E-state index >= 15 is 0 Å². The summed E-state index contributed by atoms with van der Waals surface area (Å²) in [5, 5.41) is 0. The van der Waals surface area contributed by atoms with E-state index in [1.54, 1.807) is 19.2 Å². The first-order valence-electron chi connectivity index (χ1n) is 8.98. The molecule has 0 N–H and O–H groups in total. The number of nitrogens with zero attached hydrogens (tertiary/aromatic N) is 2. The van der Waals surface area contributed by atoms with E-state index in [9.17, 15) is 9.59 Å². The summed E-state index contributed by atoms with van der Waals surface area (Å²) in [5.74, 6) is -0.994. The van der Waals surface area contributed by atoms with Gasteiger partial charge in [-0.05, 0) is 31.6 Å². The number of amides is 2. The Morgan fingerprint density at radius 3 is 2.40 bits per heavy atom. The molecule has 1 aliphatic heterocycles. The van der Waals surface area contributed by atoms with Crippen LogP contribution in [0.3, 0.4) is 0 Å². The molecule has 5 nitrogen and oxygen atoms in total. The average Bonchev–Trinajstić information content (AvgIpc) is 2.90. The van der Waals surface area contributed by atoms with E-state index in [0.29, 0.717) is 12.1 Å². The van der Waals surface area contributed by atoms with E-state index in [-0.39, 0.29) is 23.8 Å². The molecule has 134 valence electrons.